The lowest BCUT2D eigenvalue weighted by Crippen LogP contribution is -1.91. The van der Waals surface area contributed by atoms with Crippen molar-refractivity contribution in [2.45, 2.75) is 39.5 Å². The smallest absolute Gasteiger partial charge is 0.138 e. The maximum Gasteiger partial charge on any atom is 0.138 e. The van der Waals surface area contributed by atoms with Crippen LogP contribution in [0.4, 0.5) is 0 Å². The molecular weight excluding hydrogens is 174 g/mol. The maximum absolute atomic E-state index is 4.43. The highest BCUT2D eigenvalue weighted by Crippen LogP contribution is 2.22. The predicted molar refractivity (Wildman–Crippen MR) is 57.7 cm³/mol. The van der Waals surface area contributed by atoms with Gasteiger partial charge >= 0.3 is 0 Å². The lowest BCUT2D eigenvalue weighted by molar-refractivity contribution is 0.808. The molecule has 2 aromatic heterocycles. The fourth-order valence-electron chi connectivity index (χ4n) is 1.78. The van der Waals surface area contributed by atoms with Crippen molar-refractivity contribution in [2.24, 2.45) is 0 Å². The second kappa shape index (κ2) is 3.15. The number of H-pyrrole nitrogens is 1. The first-order chi connectivity index (χ1) is 6.61. The van der Waals surface area contributed by atoms with Crippen molar-refractivity contribution in [3.05, 3.63) is 23.9 Å². The van der Waals surface area contributed by atoms with E-state index in [2.05, 4.69) is 48.3 Å². The van der Waals surface area contributed by atoms with Crippen LogP contribution in [0, 0.1) is 0 Å². The van der Waals surface area contributed by atoms with Crippen LogP contribution in [-0.2, 0) is 0 Å². The Kier molecular flexibility index (Phi) is 2.10. The van der Waals surface area contributed by atoms with E-state index in [0.29, 0.717) is 11.8 Å². The summed E-state index contributed by atoms with van der Waals surface area (Å²) in [7, 11) is 0. The number of imidazole rings is 2. The molecular formula is C11H17N3. The zero-order valence-electron chi connectivity index (χ0n) is 9.20. The molecule has 0 atom stereocenters. The van der Waals surface area contributed by atoms with Gasteiger partial charge in [-0.05, 0) is 11.8 Å². The summed E-state index contributed by atoms with van der Waals surface area (Å²) in [6.45, 7) is 8.71. The van der Waals surface area contributed by atoms with E-state index in [1.807, 2.05) is 6.33 Å². The van der Waals surface area contributed by atoms with Gasteiger partial charge in [-0.2, -0.15) is 0 Å². The van der Waals surface area contributed by atoms with Crippen LogP contribution < -0.4 is 0 Å². The maximum atomic E-state index is 4.43. The standard InChI is InChI=1S/C11H17N3/c1-7(2)9-5-12-11-10(8(3)4)13-6-14(9)11/h5-8,12H,1-4H3. The lowest BCUT2D eigenvalue weighted by atomic mass is 10.1. The second-order valence-electron chi connectivity index (χ2n) is 4.37. The molecule has 0 unspecified atom stereocenters. The molecule has 0 aliphatic rings. The molecule has 3 nitrogen and oxygen atoms in total. The monoisotopic (exact) mass is 191 g/mol. The SMILES string of the molecule is CC(C)c1ncn2c(C(C)C)c[nH]c12. The quantitative estimate of drug-likeness (QED) is 0.777. The fraction of sp³-hybridized carbons (Fsp3) is 0.545. The average Bonchev–Trinajstić information content (AvgIpc) is 2.59. The highest BCUT2D eigenvalue weighted by molar-refractivity contribution is 5.47. The van der Waals surface area contributed by atoms with Crippen LogP contribution >= 0.6 is 0 Å². The van der Waals surface area contributed by atoms with Gasteiger partial charge in [-0.25, -0.2) is 4.98 Å². The van der Waals surface area contributed by atoms with Gasteiger partial charge < -0.3 is 4.98 Å². The zero-order valence-corrected chi connectivity index (χ0v) is 9.20. The molecule has 0 saturated heterocycles. The highest BCUT2D eigenvalue weighted by Gasteiger charge is 2.13. The van der Waals surface area contributed by atoms with Crippen molar-refractivity contribution in [1.29, 1.82) is 0 Å². The van der Waals surface area contributed by atoms with Crippen molar-refractivity contribution < 1.29 is 0 Å². The Morgan fingerprint density at radius 1 is 1.21 bits per heavy atom. The Labute approximate surface area is 84.2 Å². The third kappa shape index (κ3) is 1.24. The Morgan fingerprint density at radius 2 is 1.93 bits per heavy atom. The van der Waals surface area contributed by atoms with Crippen LogP contribution in [0.3, 0.4) is 0 Å². The first kappa shape index (κ1) is 9.31. The molecule has 0 amide bonds. The van der Waals surface area contributed by atoms with E-state index >= 15 is 0 Å². The van der Waals surface area contributed by atoms with Crippen LogP contribution in [0.25, 0.3) is 5.65 Å². The molecule has 0 aliphatic carbocycles. The molecule has 0 fully saturated rings. The third-order valence-electron chi connectivity index (χ3n) is 2.57. The summed E-state index contributed by atoms with van der Waals surface area (Å²) in [5, 5.41) is 0. The summed E-state index contributed by atoms with van der Waals surface area (Å²) >= 11 is 0. The number of nitrogens with zero attached hydrogens (tertiary/aromatic N) is 2. The van der Waals surface area contributed by atoms with Gasteiger partial charge in [0.25, 0.3) is 0 Å². The Hall–Kier alpha value is -1.25. The van der Waals surface area contributed by atoms with Gasteiger partial charge in [0.1, 0.15) is 12.0 Å². The molecule has 2 aromatic rings. The zero-order chi connectivity index (χ0) is 10.3. The number of rotatable bonds is 2. The predicted octanol–water partition coefficient (Wildman–Crippen LogP) is 2.91. The Bertz CT molecular complexity index is 392. The first-order valence-electron chi connectivity index (χ1n) is 5.15. The summed E-state index contributed by atoms with van der Waals surface area (Å²) in [5.41, 5.74) is 3.58. The highest BCUT2D eigenvalue weighted by atomic mass is 15.1. The van der Waals surface area contributed by atoms with Crippen molar-refractivity contribution >= 4 is 5.65 Å². The van der Waals surface area contributed by atoms with Crippen LogP contribution in [0.1, 0.15) is 50.9 Å². The summed E-state index contributed by atoms with van der Waals surface area (Å²) < 4.78 is 2.15. The number of nitrogens with one attached hydrogen (secondary N) is 1. The minimum atomic E-state index is 0.471. The molecule has 0 aromatic carbocycles. The van der Waals surface area contributed by atoms with Gasteiger partial charge in [0.05, 0.1) is 5.69 Å². The van der Waals surface area contributed by atoms with E-state index in [0.717, 1.165) is 11.3 Å². The molecule has 76 valence electrons. The van der Waals surface area contributed by atoms with Gasteiger partial charge in [-0.3, -0.25) is 4.40 Å². The topological polar surface area (TPSA) is 33.1 Å². The largest absolute Gasteiger partial charge is 0.344 e. The normalized spacial score (nSPS) is 12.1. The molecule has 0 radical (unpaired) electrons. The third-order valence-corrected chi connectivity index (χ3v) is 2.57. The van der Waals surface area contributed by atoms with Crippen molar-refractivity contribution in [3.8, 4) is 0 Å². The Morgan fingerprint density at radius 3 is 2.50 bits per heavy atom. The number of fused-ring (bicyclic) bond motifs is 1. The summed E-state index contributed by atoms with van der Waals surface area (Å²) in [4.78, 5) is 7.73. The van der Waals surface area contributed by atoms with Crippen LogP contribution in [-0.4, -0.2) is 14.4 Å². The van der Waals surface area contributed by atoms with Gasteiger partial charge in [0.2, 0.25) is 0 Å². The first-order valence-corrected chi connectivity index (χ1v) is 5.15. The summed E-state index contributed by atoms with van der Waals surface area (Å²) in [5.74, 6) is 0.997. The number of aromatic amines is 1. The van der Waals surface area contributed by atoms with E-state index in [4.69, 9.17) is 0 Å². The van der Waals surface area contributed by atoms with Crippen LogP contribution in [0.2, 0.25) is 0 Å². The van der Waals surface area contributed by atoms with E-state index in [1.165, 1.54) is 5.69 Å². The molecule has 0 bridgehead atoms. The molecule has 3 heteroatoms. The number of hydrogen-bond donors (Lipinski definition) is 1. The molecule has 2 rings (SSSR count). The van der Waals surface area contributed by atoms with Gasteiger partial charge in [0, 0.05) is 11.9 Å². The fourth-order valence-corrected chi connectivity index (χ4v) is 1.78. The summed E-state index contributed by atoms with van der Waals surface area (Å²) in [6.07, 6.45) is 3.99. The summed E-state index contributed by atoms with van der Waals surface area (Å²) in [6, 6.07) is 0. The number of aromatic nitrogens is 3. The van der Waals surface area contributed by atoms with Gasteiger partial charge in [-0.15, -0.1) is 0 Å². The lowest BCUT2D eigenvalue weighted by Gasteiger charge is -2.01. The number of hydrogen-bond acceptors (Lipinski definition) is 1. The Balaban J connectivity index is 2.61. The van der Waals surface area contributed by atoms with E-state index in [9.17, 15) is 0 Å². The second-order valence-corrected chi connectivity index (χ2v) is 4.37. The van der Waals surface area contributed by atoms with Crippen LogP contribution in [0.5, 0.6) is 0 Å². The van der Waals surface area contributed by atoms with E-state index in [-0.39, 0.29) is 0 Å². The molecule has 0 aliphatic heterocycles. The van der Waals surface area contributed by atoms with Crippen LogP contribution in [0.15, 0.2) is 12.5 Å². The molecule has 14 heavy (non-hydrogen) atoms. The minimum Gasteiger partial charge on any atom is -0.344 e. The van der Waals surface area contributed by atoms with Crippen molar-refractivity contribution in [1.82, 2.24) is 14.4 Å². The van der Waals surface area contributed by atoms with Crippen molar-refractivity contribution in [3.63, 3.8) is 0 Å². The average molecular weight is 191 g/mol. The van der Waals surface area contributed by atoms with E-state index in [1.54, 1.807) is 0 Å². The van der Waals surface area contributed by atoms with Crippen molar-refractivity contribution in [2.75, 3.05) is 0 Å². The molecule has 1 N–H and O–H groups in total. The van der Waals surface area contributed by atoms with Gasteiger partial charge in [-0.1, -0.05) is 27.7 Å². The van der Waals surface area contributed by atoms with Gasteiger partial charge in [0.15, 0.2) is 0 Å². The van der Waals surface area contributed by atoms with E-state index < -0.39 is 0 Å². The molecule has 2 heterocycles. The minimum absolute atomic E-state index is 0.471. The molecule has 0 spiro atoms. The molecule has 0 saturated carbocycles.